The van der Waals surface area contributed by atoms with Crippen LogP contribution in [-0.4, -0.2) is 15.9 Å². The zero-order chi connectivity index (χ0) is 20.1. The monoisotopic (exact) mass is 378 g/mol. The van der Waals surface area contributed by atoms with Crippen molar-refractivity contribution >= 4 is 17.5 Å². The van der Waals surface area contributed by atoms with Crippen molar-refractivity contribution in [2.45, 2.75) is 32.7 Å². The number of nitrogens with zero attached hydrogens (tertiary/aromatic N) is 2. The van der Waals surface area contributed by atoms with Gasteiger partial charge in [-0.15, -0.1) is 0 Å². The minimum atomic E-state index is -0.275. The summed E-state index contributed by atoms with van der Waals surface area (Å²) >= 11 is 0. The molecule has 28 heavy (non-hydrogen) atoms. The molecular weight excluding hydrogens is 355 g/mol. The van der Waals surface area contributed by atoms with Crippen molar-refractivity contribution in [2.75, 3.05) is 10.6 Å². The predicted molar refractivity (Wildman–Crippen MR) is 109 cm³/mol. The molecule has 0 radical (unpaired) electrons. The Bertz CT molecular complexity index is 930. The van der Waals surface area contributed by atoms with Crippen LogP contribution in [0.15, 0.2) is 60.9 Å². The molecule has 1 amide bonds. The van der Waals surface area contributed by atoms with E-state index in [1.165, 1.54) is 30.1 Å². The molecule has 3 rings (SSSR count). The Balaban J connectivity index is 1.58. The van der Waals surface area contributed by atoms with E-state index in [2.05, 4.69) is 41.4 Å². The number of carbonyl (C=O) groups is 1. The molecule has 2 aromatic carbocycles. The predicted octanol–water partition coefficient (Wildman–Crippen LogP) is 4.78. The van der Waals surface area contributed by atoms with Gasteiger partial charge in [-0.2, -0.15) is 0 Å². The lowest BCUT2D eigenvalue weighted by Crippen LogP contribution is -2.14. The van der Waals surface area contributed by atoms with E-state index in [1.807, 2.05) is 24.3 Å². The van der Waals surface area contributed by atoms with Crippen LogP contribution in [0.25, 0.3) is 0 Å². The number of hydrogen-bond acceptors (Lipinski definition) is 4. The second-order valence-corrected chi connectivity index (χ2v) is 7.56. The van der Waals surface area contributed by atoms with Crippen LogP contribution in [0.5, 0.6) is 0 Å². The van der Waals surface area contributed by atoms with Gasteiger partial charge in [0.05, 0.1) is 5.56 Å². The molecule has 6 heteroatoms. The maximum absolute atomic E-state index is 12.9. The number of halogens is 1. The highest BCUT2D eigenvalue weighted by Crippen LogP contribution is 2.23. The first kappa shape index (κ1) is 19.5. The average Bonchev–Trinajstić information content (AvgIpc) is 2.67. The highest BCUT2D eigenvalue weighted by Gasteiger charge is 2.13. The van der Waals surface area contributed by atoms with E-state index in [1.54, 1.807) is 12.1 Å². The molecular formula is C22H23FN4O. The van der Waals surface area contributed by atoms with Gasteiger partial charge in [0.2, 0.25) is 5.95 Å². The van der Waals surface area contributed by atoms with Crippen molar-refractivity contribution in [3.8, 4) is 0 Å². The van der Waals surface area contributed by atoms with Crippen LogP contribution in [0.4, 0.5) is 16.0 Å². The average molecular weight is 378 g/mol. The maximum atomic E-state index is 12.9. The summed E-state index contributed by atoms with van der Waals surface area (Å²) in [5, 5.41) is 5.88. The summed E-state index contributed by atoms with van der Waals surface area (Å²) in [7, 11) is 0. The Morgan fingerprint density at radius 2 is 1.57 bits per heavy atom. The Labute approximate surface area is 164 Å². The van der Waals surface area contributed by atoms with Crippen LogP contribution >= 0.6 is 0 Å². The van der Waals surface area contributed by atoms with Gasteiger partial charge in [-0.25, -0.2) is 14.4 Å². The van der Waals surface area contributed by atoms with Crippen LogP contribution in [0.1, 0.15) is 42.3 Å². The van der Waals surface area contributed by atoms with Crippen LogP contribution in [0.3, 0.4) is 0 Å². The molecule has 3 aromatic rings. The zero-order valence-electron chi connectivity index (χ0n) is 16.2. The van der Waals surface area contributed by atoms with E-state index in [0.29, 0.717) is 18.1 Å². The lowest BCUT2D eigenvalue weighted by atomic mass is 9.87. The molecule has 0 unspecified atom stereocenters. The summed E-state index contributed by atoms with van der Waals surface area (Å²) in [5.41, 5.74) is 3.26. The summed E-state index contributed by atoms with van der Waals surface area (Å²) in [6, 6.07) is 14.0. The number of benzene rings is 2. The largest absolute Gasteiger partial charge is 0.350 e. The Kier molecular flexibility index (Phi) is 5.68. The molecule has 2 N–H and O–H groups in total. The van der Waals surface area contributed by atoms with Crippen molar-refractivity contribution in [1.29, 1.82) is 0 Å². The lowest BCUT2D eigenvalue weighted by Gasteiger charge is -2.19. The normalized spacial score (nSPS) is 11.1. The second-order valence-electron chi connectivity index (χ2n) is 7.56. The van der Waals surface area contributed by atoms with Crippen molar-refractivity contribution in [3.05, 3.63) is 83.4 Å². The molecule has 0 aliphatic heterocycles. The minimum Gasteiger partial charge on any atom is -0.350 e. The lowest BCUT2D eigenvalue weighted by molar-refractivity contribution is 0.102. The Morgan fingerprint density at radius 1 is 0.964 bits per heavy atom. The number of aromatic nitrogens is 2. The fourth-order valence-electron chi connectivity index (χ4n) is 2.58. The number of rotatable bonds is 5. The van der Waals surface area contributed by atoms with Gasteiger partial charge in [-0.05, 0) is 40.8 Å². The van der Waals surface area contributed by atoms with Gasteiger partial charge >= 0.3 is 0 Å². The van der Waals surface area contributed by atoms with Crippen LogP contribution in [-0.2, 0) is 12.0 Å². The Morgan fingerprint density at radius 3 is 2.14 bits per heavy atom. The molecule has 0 aliphatic rings. The third-order valence-electron chi connectivity index (χ3n) is 4.29. The highest BCUT2D eigenvalue weighted by molar-refractivity contribution is 6.03. The minimum absolute atomic E-state index is 0.0626. The first-order valence-corrected chi connectivity index (χ1v) is 9.03. The molecule has 0 bridgehead atoms. The van der Waals surface area contributed by atoms with E-state index in [-0.39, 0.29) is 17.1 Å². The first-order valence-electron chi connectivity index (χ1n) is 9.03. The van der Waals surface area contributed by atoms with Gasteiger partial charge in [0.25, 0.3) is 5.91 Å². The fraction of sp³-hybridized carbons (Fsp3) is 0.227. The van der Waals surface area contributed by atoms with Gasteiger partial charge in [0.1, 0.15) is 5.82 Å². The van der Waals surface area contributed by atoms with Crippen molar-refractivity contribution < 1.29 is 9.18 Å². The number of hydrogen-bond donors (Lipinski definition) is 2. The molecule has 0 spiro atoms. The summed E-state index contributed by atoms with van der Waals surface area (Å²) < 4.78 is 12.9. The van der Waals surface area contributed by atoms with Crippen molar-refractivity contribution in [1.82, 2.24) is 9.97 Å². The molecule has 1 heterocycles. The van der Waals surface area contributed by atoms with Crippen molar-refractivity contribution in [3.63, 3.8) is 0 Å². The summed E-state index contributed by atoms with van der Waals surface area (Å²) in [6.45, 7) is 6.89. The van der Waals surface area contributed by atoms with Crippen LogP contribution in [0.2, 0.25) is 0 Å². The molecule has 144 valence electrons. The molecule has 0 atom stereocenters. The van der Waals surface area contributed by atoms with E-state index in [0.717, 1.165) is 11.3 Å². The van der Waals surface area contributed by atoms with Gasteiger partial charge in [0, 0.05) is 24.6 Å². The van der Waals surface area contributed by atoms with E-state index < -0.39 is 0 Å². The van der Waals surface area contributed by atoms with Gasteiger partial charge in [-0.3, -0.25) is 4.79 Å². The smallest absolute Gasteiger partial charge is 0.258 e. The Hall–Kier alpha value is -3.28. The van der Waals surface area contributed by atoms with E-state index >= 15 is 0 Å². The number of anilines is 2. The number of amides is 1. The van der Waals surface area contributed by atoms with Gasteiger partial charge < -0.3 is 10.6 Å². The van der Waals surface area contributed by atoms with Crippen LogP contribution < -0.4 is 10.6 Å². The molecule has 5 nitrogen and oxygen atoms in total. The van der Waals surface area contributed by atoms with Crippen molar-refractivity contribution in [2.24, 2.45) is 0 Å². The first-order chi connectivity index (χ1) is 13.3. The van der Waals surface area contributed by atoms with E-state index in [4.69, 9.17) is 0 Å². The third-order valence-corrected chi connectivity index (χ3v) is 4.29. The molecule has 0 fully saturated rings. The van der Waals surface area contributed by atoms with Gasteiger partial charge in [0.15, 0.2) is 0 Å². The molecule has 0 saturated carbocycles. The molecule has 0 saturated heterocycles. The summed E-state index contributed by atoms with van der Waals surface area (Å²) in [5.74, 6) is -0.146. The summed E-state index contributed by atoms with van der Waals surface area (Å²) in [4.78, 5) is 20.7. The van der Waals surface area contributed by atoms with E-state index in [9.17, 15) is 9.18 Å². The topological polar surface area (TPSA) is 66.9 Å². The summed E-state index contributed by atoms with van der Waals surface area (Å²) in [6.07, 6.45) is 2.94. The SMILES string of the molecule is CC(C)(C)c1ccc(NC(=O)c2cnc(NCc3ccc(F)cc3)nc2)cc1. The molecule has 0 aliphatic carbocycles. The van der Waals surface area contributed by atoms with Gasteiger partial charge in [-0.1, -0.05) is 45.0 Å². The standard InChI is InChI=1S/C22H23FN4O/c1-22(2,3)17-6-10-19(11-7-17)27-20(28)16-13-25-21(26-14-16)24-12-15-4-8-18(23)9-5-15/h4-11,13-14H,12H2,1-3H3,(H,27,28)(H,24,25,26). The third kappa shape index (κ3) is 5.13. The number of carbonyl (C=O) groups excluding carboxylic acids is 1. The number of nitrogens with one attached hydrogen (secondary N) is 2. The molecule has 1 aromatic heterocycles. The second kappa shape index (κ2) is 8.17. The maximum Gasteiger partial charge on any atom is 0.258 e. The highest BCUT2D eigenvalue weighted by atomic mass is 19.1. The zero-order valence-corrected chi connectivity index (χ0v) is 16.2. The fourth-order valence-corrected chi connectivity index (χ4v) is 2.58. The van der Waals surface area contributed by atoms with Crippen LogP contribution in [0, 0.1) is 5.82 Å². The quantitative estimate of drug-likeness (QED) is 0.671.